The Bertz CT molecular complexity index is 1200. The summed E-state index contributed by atoms with van der Waals surface area (Å²) in [5.74, 6) is -0.163. The molecule has 0 saturated heterocycles. The third kappa shape index (κ3) is 3.08. The zero-order valence-electron chi connectivity index (χ0n) is 15.4. The van der Waals surface area contributed by atoms with Crippen LogP contribution in [0.4, 0.5) is 11.4 Å². The Hall–Kier alpha value is -3.18. The van der Waals surface area contributed by atoms with Gasteiger partial charge in [-0.3, -0.25) is 9.79 Å². The Morgan fingerprint density at radius 3 is 2.38 bits per heavy atom. The van der Waals surface area contributed by atoms with Gasteiger partial charge in [0.05, 0.1) is 28.7 Å². The number of para-hydroxylation sites is 2. The SMILES string of the molecule is O=C1C(C2=Nc3ccccc3N[C@H](c3ccc(Br)cc3)C2)=C(O)c2ccccc21. The third-order valence-corrected chi connectivity index (χ3v) is 5.87. The number of Topliss-reactive ketones (excluding diaryl/α,β-unsaturated/α-hetero) is 1. The predicted molar refractivity (Wildman–Crippen MR) is 119 cm³/mol. The van der Waals surface area contributed by atoms with Gasteiger partial charge in [0.25, 0.3) is 0 Å². The summed E-state index contributed by atoms with van der Waals surface area (Å²) < 4.78 is 1.01. The zero-order valence-corrected chi connectivity index (χ0v) is 17.0. The largest absolute Gasteiger partial charge is 0.506 e. The molecule has 1 heterocycles. The summed E-state index contributed by atoms with van der Waals surface area (Å²) in [6, 6.07) is 22.9. The second-order valence-corrected chi connectivity index (χ2v) is 8.04. The van der Waals surface area contributed by atoms with Crippen molar-refractivity contribution in [2.24, 2.45) is 4.99 Å². The van der Waals surface area contributed by atoms with Crippen LogP contribution in [0.1, 0.15) is 33.9 Å². The number of hydrogen-bond acceptors (Lipinski definition) is 4. The minimum absolute atomic E-state index is 0.0123. The first kappa shape index (κ1) is 17.9. The molecule has 2 aliphatic rings. The number of nitrogens with zero attached hydrogens (tertiary/aromatic N) is 1. The van der Waals surface area contributed by atoms with Gasteiger partial charge in [-0.05, 0) is 29.8 Å². The van der Waals surface area contributed by atoms with Gasteiger partial charge in [-0.2, -0.15) is 0 Å². The number of aliphatic hydroxyl groups excluding tert-OH is 1. The van der Waals surface area contributed by atoms with E-state index in [0.717, 1.165) is 21.4 Å². The number of carbonyl (C=O) groups excluding carboxylic acids is 1. The third-order valence-electron chi connectivity index (χ3n) is 5.34. The molecule has 0 fully saturated rings. The lowest BCUT2D eigenvalue weighted by Gasteiger charge is -2.19. The second kappa shape index (κ2) is 7.01. The van der Waals surface area contributed by atoms with Crippen LogP contribution in [-0.2, 0) is 0 Å². The second-order valence-electron chi connectivity index (χ2n) is 7.13. The molecule has 0 spiro atoms. The van der Waals surface area contributed by atoms with Gasteiger partial charge < -0.3 is 10.4 Å². The molecule has 0 unspecified atom stereocenters. The number of benzene rings is 3. The Morgan fingerprint density at radius 1 is 0.931 bits per heavy atom. The van der Waals surface area contributed by atoms with Crippen LogP contribution in [0, 0.1) is 0 Å². The molecule has 29 heavy (non-hydrogen) atoms. The average Bonchev–Trinajstić information content (AvgIpc) is 2.88. The first-order valence-electron chi connectivity index (χ1n) is 9.38. The highest BCUT2D eigenvalue weighted by atomic mass is 79.9. The number of fused-ring (bicyclic) bond motifs is 2. The fourth-order valence-electron chi connectivity index (χ4n) is 3.90. The van der Waals surface area contributed by atoms with E-state index in [-0.39, 0.29) is 17.6 Å². The molecule has 2 N–H and O–H groups in total. The van der Waals surface area contributed by atoms with Crippen LogP contribution in [0.5, 0.6) is 0 Å². The number of allylic oxidation sites excluding steroid dienone is 1. The highest BCUT2D eigenvalue weighted by Gasteiger charge is 2.34. The number of rotatable bonds is 2. The Kier molecular flexibility index (Phi) is 4.32. The molecule has 0 radical (unpaired) electrons. The normalized spacial score (nSPS) is 17.9. The summed E-state index contributed by atoms with van der Waals surface area (Å²) in [4.78, 5) is 17.9. The molecule has 1 aliphatic heterocycles. The zero-order chi connectivity index (χ0) is 20.0. The van der Waals surface area contributed by atoms with Crippen LogP contribution in [0.15, 0.2) is 87.8 Å². The van der Waals surface area contributed by atoms with Gasteiger partial charge >= 0.3 is 0 Å². The van der Waals surface area contributed by atoms with Crippen molar-refractivity contribution in [1.29, 1.82) is 0 Å². The minimum Gasteiger partial charge on any atom is -0.506 e. The maximum Gasteiger partial charge on any atom is 0.199 e. The standard InChI is InChI=1S/C24H17BrN2O2/c25-15-11-9-14(10-12-15)20-13-21(27-19-8-4-3-7-18(19)26-20)22-23(28)16-5-1-2-6-17(16)24(22)29/h1-12,20,26,28H,13H2/t20-/m0/s1. The maximum absolute atomic E-state index is 13.1. The number of halogens is 1. The number of aliphatic hydroxyl groups is 1. The first-order chi connectivity index (χ1) is 14.1. The van der Waals surface area contributed by atoms with E-state index in [1.807, 2.05) is 60.7 Å². The molecule has 1 aliphatic carbocycles. The fraction of sp³-hybridized carbons (Fsp3) is 0.0833. The summed E-state index contributed by atoms with van der Waals surface area (Å²) in [5, 5.41) is 14.4. The lowest BCUT2D eigenvalue weighted by molar-refractivity contribution is 0.104. The van der Waals surface area contributed by atoms with Crippen molar-refractivity contribution < 1.29 is 9.90 Å². The Balaban J connectivity index is 1.64. The van der Waals surface area contributed by atoms with Crippen LogP contribution in [0.25, 0.3) is 5.76 Å². The number of hydrogen-bond donors (Lipinski definition) is 2. The van der Waals surface area contributed by atoms with Crippen LogP contribution < -0.4 is 5.32 Å². The van der Waals surface area contributed by atoms with E-state index in [0.29, 0.717) is 28.8 Å². The van der Waals surface area contributed by atoms with Gasteiger partial charge in [0.2, 0.25) is 0 Å². The Morgan fingerprint density at radius 2 is 1.62 bits per heavy atom. The molecular formula is C24H17BrN2O2. The predicted octanol–water partition coefficient (Wildman–Crippen LogP) is 6.24. The molecular weight excluding hydrogens is 428 g/mol. The maximum atomic E-state index is 13.1. The van der Waals surface area contributed by atoms with E-state index in [1.54, 1.807) is 12.1 Å². The molecule has 5 heteroatoms. The first-order valence-corrected chi connectivity index (χ1v) is 10.2. The van der Waals surface area contributed by atoms with Gasteiger partial charge in [0.1, 0.15) is 5.76 Å². The number of nitrogens with one attached hydrogen (secondary N) is 1. The molecule has 1 atom stereocenters. The highest BCUT2D eigenvalue weighted by Crippen LogP contribution is 2.39. The summed E-state index contributed by atoms with van der Waals surface area (Å²) >= 11 is 3.48. The molecule has 142 valence electrons. The average molecular weight is 445 g/mol. The van der Waals surface area contributed by atoms with E-state index in [9.17, 15) is 9.90 Å². The van der Waals surface area contributed by atoms with E-state index in [1.165, 1.54) is 0 Å². The summed E-state index contributed by atoms with van der Waals surface area (Å²) in [7, 11) is 0. The summed E-state index contributed by atoms with van der Waals surface area (Å²) in [5.41, 5.74) is 4.72. The van der Waals surface area contributed by atoms with Crippen LogP contribution in [0.2, 0.25) is 0 Å². The molecule has 0 bridgehead atoms. The van der Waals surface area contributed by atoms with Crippen molar-refractivity contribution in [3.8, 4) is 0 Å². The van der Waals surface area contributed by atoms with Crippen molar-refractivity contribution >= 4 is 44.6 Å². The highest BCUT2D eigenvalue weighted by molar-refractivity contribution is 9.10. The lowest BCUT2D eigenvalue weighted by atomic mass is 9.95. The molecule has 0 saturated carbocycles. The number of carbonyl (C=O) groups is 1. The van der Waals surface area contributed by atoms with Crippen LogP contribution >= 0.6 is 15.9 Å². The summed E-state index contributed by atoms with van der Waals surface area (Å²) in [6.07, 6.45) is 0.482. The van der Waals surface area contributed by atoms with Gasteiger partial charge in [0, 0.05) is 22.0 Å². The summed E-state index contributed by atoms with van der Waals surface area (Å²) in [6.45, 7) is 0. The van der Waals surface area contributed by atoms with Crippen LogP contribution in [-0.4, -0.2) is 16.6 Å². The van der Waals surface area contributed by atoms with Crippen molar-refractivity contribution in [3.63, 3.8) is 0 Å². The number of ketones is 1. The minimum atomic E-state index is -0.175. The monoisotopic (exact) mass is 444 g/mol. The topological polar surface area (TPSA) is 61.7 Å². The molecule has 0 amide bonds. The van der Waals surface area contributed by atoms with Crippen molar-refractivity contribution in [3.05, 3.63) is 99.5 Å². The molecule has 4 nitrogen and oxygen atoms in total. The van der Waals surface area contributed by atoms with Gasteiger partial charge in [0.15, 0.2) is 5.78 Å². The molecule has 5 rings (SSSR count). The van der Waals surface area contributed by atoms with Gasteiger partial charge in [-0.1, -0.05) is 64.5 Å². The van der Waals surface area contributed by atoms with Crippen LogP contribution in [0.3, 0.4) is 0 Å². The van der Waals surface area contributed by atoms with Crippen molar-refractivity contribution in [2.45, 2.75) is 12.5 Å². The van der Waals surface area contributed by atoms with Gasteiger partial charge in [-0.25, -0.2) is 0 Å². The van der Waals surface area contributed by atoms with E-state index in [2.05, 4.69) is 21.2 Å². The quantitative estimate of drug-likeness (QED) is 0.491. The van der Waals surface area contributed by atoms with E-state index < -0.39 is 0 Å². The number of aliphatic imine (C=N–C) groups is 1. The van der Waals surface area contributed by atoms with E-state index >= 15 is 0 Å². The van der Waals surface area contributed by atoms with Crippen molar-refractivity contribution in [2.75, 3.05) is 5.32 Å². The molecule has 3 aromatic rings. The number of anilines is 1. The van der Waals surface area contributed by atoms with Crippen molar-refractivity contribution in [1.82, 2.24) is 0 Å². The lowest BCUT2D eigenvalue weighted by Crippen LogP contribution is -2.17. The molecule has 3 aromatic carbocycles. The smallest absolute Gasteiger partial charge is 0.199 e. The fourth-order valence-corrected chi connectivity index (χ4v) is 4.17. The Labute approximate surface area is 176 Å². The van der Waals surface area contributed by atoms with Gasteiger partial charge in [-0.15, -0.1) is 0 Å². The molecule has 0 aromatic heterocycles. The van der Waals surface area contributed by atoms with E-state index in [4.69, 9.17) is 4.99 Å².